The van der Waals surface area contributed by atoms with Crippen LogP contribution in [-0.4, -0.2) is 27.1 Å². The lowest BCUT2D eigenvalue weighted by Gasteiger charge is -2.42. The number of nitrogens with zero attached hydrogens (tertiary/aromatic N) is 2. The maximum absolute atomic E-state index is 12.6. The SMILES string of the molecule is NC(=O)C1(c2ccccn2)CCC(O)CC1c1cnc(C2CC2)s1. The minimum Gasteiger partial charge on any atom is -0.393 e. The summed E-state index contributed by atoms with van der Waals surface area (Å²) in [5, 5.41) is 11.4. The highest BCUT2D eigenvalue weighted by atomic mass is 32.1. The molecular weight excluding hydrogens is 322 g/mol. The van der Waals surface area contributed by atoms with Crippen molar-refractivity contribution in [1.82, 2.24) is 9.97 Å². The van der Waals surface area contributed by atoms with Crippen molar-refractivity contribution in [3.05, 3.63) is 46.2 Å². The molecule has 5 nitrogen and oxygen atoms in total. The average molecular weight is 343 g/mol. The first-order valence-corrected chi connectivity index (χ1v) is 9.28. The number of aliphatic hydroxyl groups is 1. The van der Waals surface area contributed by atoms with Crippen molar-refractivity contribution >= 4 is 17.2 Å². The Balaban J connectivity index is 1.80. The Hall–Kier alpha value is -1.79. The summed E-state index contributed by atoms with van der Waals surface area (Å²) < 4.78 is 0. The van der Waals surface area contributed by atoms with E-state index in [1.165, 1.54) is 12.8 Å². The van der Waals surface area contributed by atoms with Gasteiger partial charge in [0.05, 0.1) is 22.2 Å². The van der Waals surface area contributed by atoms with Crippen LogP contribution in [0.15, 0.2) is 30.6 Å². The maximum Gasteiger partial charge on any atom is 0.230 e. The fraction of sp³-hybridized carbons (Fsp3) is 0.500. The Bertz CT molecular complexity index is 744. The van der Waals surface area contributed by atoms with Crippen LogP contribution in [0, 0.1) is 0 Å². The summed E-state index contributed by atoms with van der Waals surface area (Å²) in [7, 11) is 0. The first-order chi connectivity index (χ1) is 11.6. The Labute approximate surface area is 145 Å². The van der Waals surface area contributed by atoms with Crippen molar-refractivity contribution in [3.8, 4) is 0 Å². The smallest absolute Gasteiger partial charge is 0.230 e. The van der Waals surface area contributed by atoms with Gasteiger partial charge in [-0.25, -0.2) is 4.98 Å². The Morgan fingerprint density at radius 1 is 1.29 bits per heavy atom. The topological polar surface area (TPSA) is 89.1 Å². The lowest BCUT2D eigenvalue weighted by molar-refractivity contribution is -0.126. The number of hydrogen-bond acceptors (Lipinski definition) is 5. The van der Waals surface area contributed by atoms with Gasteiger partial charge < -0.3 is 10.8 Å². The number of thiazole rings is 1. The number of aliphatic hydroxyl groups excluding tert-OH is 1. The van der Waals surface area contributed by atoms with E-state index < -0.39 is 11.5 Å². The van der Waals surface area contributed by atoms with Gasteiger partial charge >= 0.3 is 0 Å². The highest BCUT2D eigenvalue weighted by Gasteiger charge is 2.51. The molecule has 4 rings (SSSR count). The van der Waals surface area contributed by atoms with Gasteiger partial charge in [-0.15, -0.1) is 11.3 Å². The molecule has 6 heteroatoms. The molecule has 24 heavy (non-hydrogen) atoms. The first-order valence-electron chi connectivity index (χ1n) is 8.46. The lowest BCUT2D eigenvalue weighted by atomic mass is 9.62. The van der Waals surface area contributed by atoms with Crippen LogP contribution in [-0.2, 0) is 10.2 Å². The molecule has 0 aromatic carbocycles. The zero-order valence-corrected chi connectivity index (χ0v) is 14.2. The molecule has 2 heterocycles. The lowest BCUT2D eigenvalue weighted by Crippen LogP contribution is -2.50. The summed E-state index contributed by atoms with van der Waals surface area (Å²) in [5.41, 5.74) is 5.75. The second-order valence-corrected chi connectivity index (χ2v) is 8.00. The van der Waals surface area contributed by atoms with Crippen molar-refractivity contribution in [1.29, 1.82) is 0 Å². The predicted octanol–water partition coefficient (Wildman–Crippen LogP) is 2.47. The molecule has 2 saturated carbocycles. The Morgan fingerprint density at radius 2 is 2.12 bits per heavy atom. The summed E-state index contributed by atoms with van der Waals surface area (Å²) >= 11 is 1.67. The van der Waals surface area contributed by atoms with E-state index in [9.17, 15) is 9.90 Å². The third-order valence-corrected chi connectivity index (χ3v) is 6.62. The minimum atomic E-state index is -0.867. The molecule has 2 aliphatic carbocycles. The van der Waals surface area contributed by atoms with Crippen molar-refractivity contribution in [2.45, 2.75) is 55.5 Å². The van der Waals surface area contributed by atoms with Gasteiger partial charge in [0, 0.05) is 29.1 Å². The number of rotatable bonds is 4. The fourth-order valence-electron chi connectivity index (χ4n) is 3.85. The van der Waals surface area contributed by atoms with Crippen LogP contribution in [0.3, 0.4) is 0 Å². The van der Waals surface area contributed by atoms with Crippen LogP contribution in [0.2, 0.25) is 0 Å². The molecule has 0 radical (unpaired) electrons. The van der Waals surface area contributed by atoms with Gasteiger partial charge in [-0.2, -0.15) is 0 Å². The normalized spacial score (nSPS) is 30.2. The van der Waals surface area contributed by atoms with Crippen LogP contribution in [0.5, 0.6) is 0 Å². The molecule has 1 amide bonds. The van der Waals surface area contributed by atoms with E-state index in [1.807, 2.05) is 24.4 Å². The number of carbonyl (C=O) groups excluding carboxylic acids is 1. The van der Waals surface area contributed by atoms with Gasteiger partial charge in [0.1, 0.15) is 0 Å². The molecule has 0 bridgehead atoms. The Kier molecular flexibility index (Phi) is 3.89. The van der Waals surface area contributed by atoms with E-state index in [0.29, 0.717) is 30.9 Å². The molecule has 0 aliphatic heterocycles. The van der Waals surface area contributed by atoms with Crippen molar-refractivity contribution in [3.63, 3.8) is 0 Å². The zero-order chi connectivity index (χ0) is 16.7. The number of carbonyl (C=O) groups is 1. The van der Waals surface area contributed by atoms with Crippen LogP contribution in [0.4, 0.5) is 0 Å². The highest BCUT2D eigenvalue weighted by Crippen LogP contribution is 2.51. The largest absolute Gasteiger partial charge is 0.393 e. The summed E-state index contributed by atoms with van der Waals surface area (Å²) in [6.07, 6.45) is 7.14. The average Bonchev–Trinajstić information content (AvgIpc) is 3.33. The van der Waals surface area contributed by atoms with Crippen LogP contribution in [0.25, 0.3) is 0 Å². The number of nitrogens with two attached hydrogens (primary N) is 1. The molecular formula is C18H21N3O2S. The van der Waals surface area contributed by atoms with Crippen LogP contribution in [0.1, 0.15) is 59.5 Å². The standard InChI is InChI=1S/C18H21N3O2S/c19-17(23)18(15-3-1-2-8-20-15)7-6-12(22)9-13(18)14-10-21-16(24-14)11-4-5-11/h1-3,8,10-13,22H,4-7,9H2,(H2,19,23). The van der Waals surface area contributed by atoms with E-state index in [2.05, 4.69) is 9.97 Å². The number of primary amides is 1. The van der Waals surface area contributed by atoms with Gasteiger partial charge in [-0.3, -0.25) is 9.78 Å². The van der Waals surface area contributed by atoms with E-state index in [-0.39, 0.29) is 11.8 Å². The van der Waals surface area contributed by atoms with E-state index in [1.54, 1.807) is 17.5 Å². The quantitative estimate of drug-likeness (QED) is 0.892. The van der Waals surface area contributed by atoms with Gasteiger partial charge in [-0.1, -0.05) is 6.07 Å². The van der Waals surface area contributed by atoms with E-state index in [0.717, 1.165) is 9.88 Å². The van der Waals surface area contributed by atoms with Crippen LogP contribution >= 0.6 is 11.3 Å². The molecule has 2 fully saturated rings. The number of pyridine rings is 1. The second kappa shape index (κ2) is 5.93. The summed E-state index contributed by atoms with van der Waals surface area (Å²) in [4.78, 5) is 22.7. The zero-order valence-electron chi connectivity index (χ0n) is 13.4. The molecule has 2 aliphatic rings. The number of amides is 1. The summed E-state index contributed by atoms with van der Waals surface area (Å²) in [6, 6.07) is 5.60. The molecule has 2 aromatic heterocycles. The molecule has 3 atom stereocenters. The van der Waals surface area contributed by atoms with Gasteiger partial charge in [0.25, 0.3) is 0 Å². The molecule has 0 saturated heterocycles. The number of aromatic nitrogens is 2. The summed E-state index contributed by atoms with van der Waals surface area (Å²) in [5.74, 6) is 0.0493. The molecule has 0 spiro atoms. The van der Waals surface area contributed by atoms with Crippen molar-refractivity contribution in [2.24, 2.45) is 5.73 Å². The third-order valence-electron chi connectivity index (χ3n) is 5.35. The first kappa shape index (κ1) is 15.7. The van der Waals surface area contributed by atoms with Gasteiger partial charge in [0.15, 0.2) is 0 Å². The second-order valence-electron chi connectivity index (χ2n) is 6.91. The molecule has 3 unspecified atom stereocenters. The van der Waals surface area contributed by atoms with E-state index >= 15 is 0 Å². The minimum absolute atomic E-state index is 0.168. The van der Waals surface area contributed by atoms with Crippen LogP contribution < -0.4 is 5.73 Å². The maximum atomic E-state index is 12.6. The molecule has 3 N–H and O–H groups in total. The number of hydrogen-bond donors (Lipinski definition) is 2. The molecule has 2 aromatic rings. The van der Waals surface area contributed by atoms with E-state index in [4.69, 9.17) is 5.73 Å². The Morgan fingerprint density at radius 3 is 2.79 bits per heavy atom. The highest BCUT2D eigenvalue weighted by molar-refractivity contribution is 7.11. The third kappa shape index (κ3) is 2.54. The predicted molar refractivity (Wildman–Crippen MR) is 91.8 cm³/mol. The summed E-state index contributed by atoms with van der Waals surface area (Å²) in [6.45, 7) is 0. The van der Waals surface area contributed by atoms with Crippen molar-refractivity contribution < 1.29 is 9.90 Å². The van der Waals surface area contributed by atoms with Crippen molar-refractivity contribution in [2.75, 3.05) is 0 Å². The van der Waals surface area contributed by atoms with Gasteiger partial charge in [0.2, 0.25) is 5.91 Å². The fourth-order valence-corrected chi connectivity index (χ4v) is 5.15. The molecule has 126 valence electrons. The van der Waals surface area contributed by atoms with Gasteiger partial charge in [-0.05, 0) is 44.2 Å². The monoisotopic (exact) mass is 343 g/mol.